The van der Waals surface area contributed by atoms with Gasteiger partial charge in [-0.1, -0.05) is 24.1 Å². The van der Waals surface area contributed by atoms with Gasteiger partial charge in [0.05, 0.1) is 18.4 Å². The highest BCUT2D eigenvalue weighted by Gasteiger charge is 2.57. The van der Waals surface area contributed by atoms with Crippen LogP contribution in [0.25, 0.3) is 5.69 Å². The Morgan fingerprint density at radius 3 is 2.77 bits per heavy atom. The first kappa shape index (κ1) is 18.1. The predicted octanol–water partition coefficient (Wildman–Crippen LogP) is 2.93. The normalized spacial score (nSPS) is 19.4. The third kappa shape index (κ3) is 2.28. The number of fused-ring (bicyclic) bond motifs is 4. The summed E-state index contributed by atoms with van der Waals surface area (Å²) in [6, 6.07) is 11.7. The molecule has 2 aromatic carbocycles. The largest absolute Gasteiger partial charge is 0.310 e. The van der Waals surface area contributed by atoms with E-state index in [9.17, 15) is 14.0 Å². The number of carbonyl (C=O) groups is 2. The van der Waals surface area contributed by atoms with Crippen molar-refractivity contribution < 1.29 is 14.0 Å². The van der Waals surface area contributed by atoms with E-state index in [1.54, 1.807) is 10.9 Å². The van der Waals surface area contributed by atoms with E-state index in [0.717, 1.165) is 11.3 Å². The Balaban J connectivity index is 1.79. The number of amides is 2. The van der Waals surface area contributed by atoms with Crippen LogP contribution < -0.4 is 10.2 Å². The van der Waals surface area contributed by atoms with Crippen molar-refractivity contribution in [3.05, 3.63) is 71.2 Å². The minimum atomic E-state index is -1.37. The van der Waals surface area contributed by atoms with E-state index in [4.69, 9.17) is 6.42 Å². The lowest BCUT2D eigenvalue weighted by atomic mass is 9.71. The van der Waals surface area contributed by atoms with Gasteiger partial charge >= 0.3 is 0 Å². The molecular formula is C23H17FN4O2. The molecule has 3 heterocycles. The summed E-state index contributed by atoms with van der Waals surface area (Å²) in [6.45, 7) is 1.96. The number of nitrogens with zero attached hydrogens (tertiary/aromatic N) is 3. The third-order valence-corrected chi connectivity index (χ3v) is 5.83. The van der Waals surface area contributed by atoms with Gasteiger partial charge in [-0.25, -0.2) is 9.07 Å². The molecule has 0 aliphatic carbocycles. The summed E-state index contributed by atoms with van der Waals surface area (Å²) in [5.74, 6) is 1.72. The van der Waals surface area contributed by atoms with Crippen LogP contribution >= 0.6 is 0 Å². The Bertz CT molecular complexity index is 1270. The molecule has 1 N–H and O–H groups in total. The van der Waals surface area contributed by atoms with Crippen molar-refractivity contribution in [2.24, 2.45) is 0 Å². The minimum Gasteiger partial charge on any atom is -0.310 e. The van der Waals surface area contributed by atoms with Gasteiger partial charge in [-0.15, -0.1) is 6.42 Å². The molecule has 2 aliphatic rings. The molecule has 7 heteroatoms. The fourth-order valence-corrected chi connectivity index (χ4v) is 4.50. The summed E-state index contributed by atoms with van der Waals surface area (Å²) in [5.41, 5.74) is 1.85. The maximum absolute atomic E-state index is 14.2. The molecule has 1 spiro atoms. The highest BCUT2D eigenvalue weighted by molar-refractivity contribution is 6.16. The van der Waals surface area contributed by atoms with Crippen molar-refractivity contribution in [3.8, 4) is 18.0 Å². The zero-order valence-electron chi connectivity index (χ0n) is 16.1. The van der Waals surface area contributed by atoms with Crippen LogP contribution in [0.5, 0.6) is 0 Å². The SMILES string of the molecule is C#CCN1C(=O)[C@@]2(CC(=O)Nc3c2cnn3-c2ccccc2C)c2cc(F)ccc21. The van der Waals surface area contributed by atoms with Crippen molar-refractivity contribution in [2.45, 2.75) is 18.8 Å². The standard InChI is InChI=1S/C23H17FN4O2/c1-3-10-27-19-9-8-15(24)11-16(19)23(22(27)30)12-20(29)26-21-17(23)13-25-28(21)18-7-5-4-6-14(18)2/h1,4-9,11,13H,10,12H2,2H3,(H,26,29)/t23-/m0/s1. The minimum absolute atomic E-state index is 0.0299. The van der Waals surface area contributed by atoms with Crippen LogP contribution in [0, 0.1) is 25.1 Å². The number of halogens is 1. The van der Waals surface area contributed by atoms with E-state index < -0.39 is 11.2 Å². The molecule has 0 saturated carbocycles. The van der Waals surface area contributed by atoms with Gasteiger partial charge in [-0.3, -0.25) is 14.5 Å². The van der Waals surface area contributed by atoms with Gasteiger partial charge in [0.25, 0.3) is 0 Å². The zero-order chi connectivity index (χ0) is 21.0. The Hall–Kier alpha value is -3.92. The second-order valence-corrected chi connectivity index (χ2v) is 7.49. The van der Waals surface area contributed by atoms with Crippen molar-refractivity contribution in [2.75, 3.05) is 16.8 Å². The maximum atomic E-state index is 14.2. The fraction of sp³-hybridized carbons (Fsp3) is 0.174. The molecule has 0 saturated heterocycles. The van der Waals surface area contributed by atoms with Crippen molar-refractivity contribution in [3.63, 3.8) is 0 Å². The average Bonchev–Trinajstić information content (AvgIpc) is 3.23. The highest BCUT2D eigenvalue weighted by atomic mass is 19.1. The Kier molecular flexibility index (Phi) is 3.80. The highest BCUT2D eigenvalue weighted by Crippen LogP contribution is 2.52. The summed E-state index contributed by atoms with van der Waals surface area (Å²) in [4.78, 5) is 27.9. The lowest BCUT2D eigenvalue weighted by Gasteiger charge is -2.32. The number of terminal acetylenes is 1. The van der Waals surface area contributed by atoms with E-state index >= 15 is 0 Å². The third-order valence-electron chi connectivity index (χ3n) is 5.83. The number of hydrogen-bond acceptors (Lipinski definition) is 3. The van der Waals surface area contributed by atoms with Gasteiger partial charge in [0.15, 0.2) is 0 Å². The average molecular weight is 400 g/mol. The number of hydrogen-bond donors (Lipinski definition) is 1. The number of para-hydroxylation sites is 1. The van der Waals surface area contributed by atoms with Crippen LogP contribution in [0.15, 0.2) is 48.7 Å². The quantitative estimate of drug-likeness (QED) is 0.673. The van der Waals surface area contributed by atoms with Gasteiger partial charge in [0.2, 0.25) is 11.8 Å². The van der Waals surface area contributed by atoms with Gasteiger partial charge in [0, 0.05) is 17.7 Å². The van der Waals surface area contributed by atoms with Crippen LogP contribution in [0.4, 0.5) is 15.9 Å². The maximum Gasteiger partial charge on any atom is 0.243 e. The summed E-state index contributed by atoms with van der Waals surface area (Å²) in [6.07, 6.45) is 6.91. The van der Waals surface area contributed by atoms with E-state index in [2.05, 4.69) is 16.3 Å². The number of rotatable bonds is 2. The first-order valence-corrected chi connectivity index (χ1v) is 9.47. The molecule has 0 radical (unpaired) electrons. The zero-order valence-corrected chi connectivity index (χ0v) is 16.1. The number of anilines is 2. The van der Waals surface area contributed by atoms with E-state index in [1.165, 1.54) is 23.1 Å². The number of aryl methyl sites for hydroxylation is 1. The van der Waals surface area contributed by atoms with Crippen LogP contribution in [-0.4, -0.2) is 28.1 Å². The van der Waals surface area contributed by atoms with Crippen LogP contribution in [-0.2, 0) is 15.0 Å². The second kappa shape index (κ2) is 6.29. The monoisotopic (exact) mass is 400 g/mol. The van der Waals surface area contributed by atoms with E-state index in [0.29, 0.717) is 22.6 Å². The Morgan fingerprint density at radius 2 is 2.00 bits per heavy atom. The molecule has 0 unspecified atom stereocenters. The molecule has 1 aromatic heterocycles. The summed E-state index contributed by atoms with van der Waals surface area (Å²) < 4.78 is 15.9. The number of carbonyl (C=O) groups excluding carboxylic acids is 2. The molecule has 148 valence electrons. The van der Waals surface area contributed by atoms with E-state index in [1.807, 2.05) is 31.2 Å². The molecule has 30 heavy (non-hydrogen) atoms. The van der Waals surface area contributed by atoms with Crippen molar-refractivity contribution in [1.82, 2.24) is 9.78 Å². The molecule has 5 rings (SSSR count). The second-order valence-electron chi connectivity index (χ2n) is 7.49. The first-order valence-electron chi connectivity index (χ1n) is 9.47. The number of benzene rings is 2. The summed E-state index contributed by atoms with van der Waals surface area (Å²) >= 11 is 0. The van der Waals surface area contributed by atoms with E-state index in [-0.39, 0.29) is 24.8 Å². The molecule has 6 nitrogen and oxygen atoms in total. The van der Waals surface area contributed by atoms with Crippen LogP contribution in [0.1, 0.15) is 23.1 Å². The van der Waals surface area contributed by atoms with Gasteiger partial charge in [-0.05, 0) is 42.3 Å². The predicted molar refractivity (Wildman–Crippen MR) is 110 cm³/mol. The lowest BCUT2D eigenvalue weighted by Crippen LogP contribution is -2.46. The summed E-state index contributed by atoms with van der Waals surface area (Å²) in [5, 5.41) is 7.34. The van der Waals surface area contributed by atoms with Crippen molar-refractivity contribution >= 4 is 23.3 Å². The van der Waals surface area contributed by atoms with Crippen LogP contribution in [0.2, 0.25) is 0 Å². The first-order chi connectivity index (χ1) is 14.5. The molecule has 2 amide bonds. The Morgan fingerprint density at radius 1 is 1.20 bits per heavy atom. The molecule has 1 atom stereocenters. The molecular weight excluding hydrogens is 383 g/mol. The van der Waals surface area contributed by atoms with Gasteiger partial charge in [-0.2, -0.15) is 5.10 Å². The fourth-order valence-electron chi connectivity index (χ4n) is 4.50. The number of aromatic nitrogens is 2. The molecule has 0 fully saturated rings. The molecule has 3 aromatic rings. The van der Waals surface area contributed by atoms with Crippen molar-refractivity contribution in [1.29, 1.82) is 0 Å². The molecule has 2 aliphatic heterocycles. The number of nitrogens with one attached hydrogen (secondary N) is 1. The summed E-state index contributed by atoms with van der Waals surface area (Å²) in [7, 11) is 0. The smallest absolute Gasteiger partial charge is 0.243 e. The van der Waals surface area contributed by atoms with Crippen LogP contribution in [0.3, 0.4) is 0 Å². The van der Waals surface area contributed by atoms with Gasteiger partial charge < -0.3 is 5.32 Å². The lowest BCUT2D eigenvalue weighted by molar-refractivity contribution is -0.126. The Labute approximate surface area is 172 Å². The van der Waals surface area contributed by atoms with Gasteiger partial charge in [0.1, 0.15) is 17.1 Å². The molecule has 0 bridgehead atoms. The topological polar surface area (TPSA) is 67.2 Å².